The molecule has 0 aromatic carbocycles. The number of rotatable bonds is 6. The average Bonchev–Trinajstić information content (AvgIpc) is 2.91. The second-order valence-electron chi connectivity index (χ2n) is 5.87. The number of pyridine rings is 1. The number of aromatic nitrogens is 1. The minimum absolute atomic E-state index is 0.149. The smallest absolute Gasteiger partial charge is 0.214 e. The molecule has 2 fully saturated rings. The molecule has 0 radical (unpaired) electrons. The molecule has 2 aliphatic heterocycles. The first kappa shape index (κ1) is 15.7. The van der Waals surface area contributed by atoms with Gasteiger partial charge >= 0.3 is 0 Å². The zero-order valence-corrected chi connectivity index (χ0v) is 13.6. The fourth-order valence-corrected chi connectivity index (χ4v) is 4.41. The van der Waals surface area contributed by atoms with Crippen LogP contribution < -0.4 is 4.74 Å². The first-order valence-corrected chi connectivity index (χ1v) is 9.32. The molecule has 1 aromatic heterocycles. The van der Waals surface area contributed by atoms with Gasteiger partial charge in [-0.15, -0.1) is 0 Å². The SMILES string of the molecule is CCS(=O)(=O)N1CC2(C1)OCCC2CCOc1ccccn1. The molecular formula is C15H22N2O4S. The van der Waals surface area contributed by atoms with Crippen LogP contribution in [-0.2, 0) is 14.8 Å². The lowest BCUT2D eigenvalue weighted by atomic mass is 9.80. The third-order valence-electron chi connectivity index (χ3n) is 4.60. The summed E-state index contributed by atoms with van der Waals surface area (Å²) in [6, 6.07) is 5.57. The quantitative estimate of drug-likeness (QED) is 0.788. The van der Waals surface area contributed by atoms with E-state index in [9.17, 15) is 8.42 Å². The van der Waals surface area contributed by atoms with Gasteiger partial charge in [-0.1, -0.05) is 6.07 Å². The summed E-state index contributed by atoms with van der Waals surface area (Å²) in [5, 5.41) is 0. The third-order valence-corrected chi connectivity index (χ3v) is 6.37. The third kappa shape index (κ3) is 2.98. The lowest BCUT2D eigenvalue weighted by Crippen LogP contribution is -2.66. The Kier molecular flexibility index (Phi) is 4.38. The van der Waals surface area contributed by atoms with Gasteiger partial charge in [0.25, 0.3) is 0 Å². The van der Waals surface area contributed by atoms with Crippen LogP contribution in [0.3, 0.4) is 0 Å². The molecule has 0 bridgehead atoms. The van der Waals surface area contributed by atoms with Crippen molar-refractivity contribution in [2.24, 2.45) is 5.92 Å². The number of hydrogen-bond donors (Lipinski definition) is 0. The molecule has 3 rings (SSSR count). The predicted octanol–water partition coefficient (Wildman–Crippen LogP) is 1.29. The molecule has 6 nitrogen and oxygen atoms in total. The molecule has 1 atom stereocenters. The topological polar surface area (TPSA) is 68.7 Å². The second kappa shape index (κ2) is 6.14. The van der Waals surface area contributed by atoms with Crippen molar-refractivity contribution in [2.45, 2.75) is 25.4 Å². The Morgan fingerprint density at radius 2 is 2.27 bits per heavy atom. The summed E-state index contributed by atoms with van der Waals surface area (Å²) in [6.45, 7) is 3.92. The number of nitrogens with zero attached hydrogens (tertiary/aromatic N) is 2. The lowest BCUT2D eigenvalue weighted by Gasteiger charge is -2.49. The molecule has 0 aliphatic carbocycles. The van der Waals surface area contributed by atoms with Gasteiger partial charge in [0.05, 0.1) is 18.0 Å². The van der Waals surface area contributed by atoms with E-state index in [0.29, 0.717) is 38.1 Å². The predicted molar refractivity (Wildman–Crippen MR) is 82.2 cm³/mol. The second-order valence-corrected chi connectivity index (χ2v) is 8.13. The summed E-state index contributed by atoms with van der Waals surface area (Å²) in [6.07, 6.45) is 3.52. The van der Waals surface area contributed by atoms with Gasteiger partial charge in [0, 0.05) is 32.0 Å². The van der Waals surface area contributed by atoms with E-state index in [1.165, 1.54) is 4.31 Å². The van der Waals surface area contributed by atoms with Crippen LogP contribution >= 0.6 is 0 Å². The van der Waals surface area contributed by atoms with Crippen LogP contribution in [0.2, 0.25) is 0 Å². The van der Waals surface area contributed by atoms with Crippen LogP contribution in [0.15, 0.2) is 24.4 Å². The van der Waals surface area contributed by atoms with Crippen molar-refractivity contribution in [3.8, 4) is 5.88 Å². The summed E-state index contributed by atoms with van der Waals surface area (Å²) < 4.78 is 36.8. The summed E-state index contributed by atoms with van der Waals surface area (Å²) in [4.78, 5) is 4.13. The van der Waals surface area contributed by atoms with Crippen molar-refractivity contribution in [2.75, 3.05) is 32.1 Å². The van der Waals surface area contributed by atoms with Crippen LogP contribution in [0.1, 0.15) is 19.8 Å². The minimum atomic E-state index is -3.10. The van der Waals surface area contributed by atoms with E-state index in [1.807, 2.05) is 18.2 Å². The van der Waals surface area contributed by atoms with E-state index in [0.717, 1.165) is 12.8 Å². The molecular weight excluding hydrogens is 304 g/mol. The molecule has 1 aromatic rings. The standard InChI is InChI=1S/C15H22N2O4S/c1-2-22(18,19)17-11-15(12-17)13(7-10-21-15)6-9-20-14-5-3-4-8-16-14/h3-5,8,13H,2,6-7,9-12H2,1H3. The van der Waals surface area contributed by atoms with E-state index >= 15 is 0 Å². The summed E-state index contributed by atoms with van der Waals surface area (Å²) in [7, 11) is -3.10. The van der Waals surface area contributed by atoms with Crippen LogP contribution in [-0.4, -0.2) is 55.4 Å². The molecule has 0 N–H and O–H groups in total. The first-order chi connectivity index (χ1) is 10.6. The molecule has 2 saturated heterocycles. The Bertz CT molecular complexity index is 599. The highest BCUT2D eigenvalue weighted by Gasteiger charge is 2.55. The van der Waals surface area contributed by atoms with Gasteiger partial charge in [-0.2, -0.15) is 4.31 Å². The number of sulfonamides is 1. The van der Waals surface area contributed by atoms with E-state index in [1.54, 1.807) is 13.1 Å². The normalized spacial score (nSPS) is 24.3. The highest BCUT2D eigenvalue weighted by atomic mass is 32.2. The van der Waals surface area contributed by atoms with Gasteiger partial charge in [-0.25, -0.2) is 13.4 Å². The van der Waals surface area contributed by atoms with Crippen LogP contribution in [0, 0.1) is 5.92 Å². The Morgan fingerprint density at radius 1 is 1.45 bits per heavy atom. The zero-order valence-electron chi connectivity index (χ0n) is 12.8. The van der Waals surface area contributed by atoms with Crippen molar-refractivity contribution >= 4 is 10.0 Å². The fraction of sp³-hybridized carbons (Fsp3) is 0.667. The minimum Gasteiger partial charge on any atom is -0.478 e. The van der Waals surface area contributed by atoms with E-state index in [-0.39, 0.29) is 11.4 Å². The van der Waals surface area contributed by atoms with E-state index in [2.05, 4.69) is 4.98 Å². The summed E-state index contributed by atoms with van der Waals surface area (Å²) in [5.74, 6) is 1.12. The van der Waals surface area contributed by atoms with Gasteiger partial charge in [0.1, 0.15) is 0 Å². The highest BCUT2D eigenvalue weighted by Crippen LogP contribution is 2.42. The number of ether oxygens (including phenoxy) is 2. The van der Waals surface area contributed by atoms with Gasteiger partial charge < -0.3 is 9.47 Å². The summed E-state index contributed by atoms with van der Waals surface area (Å²) >= 11 is 0. The molecule has 122 valence electrons. The highest BCUT2D eigenvalue weighted by molar-refractivity contribution is 7.89. The zero-order chi connectivity index (χ0) is 15.6. The van der Waals surface area contributed by atoms with E-state index < -0.39 is 10.0 Å². The van der Waals surface area contributed by atoms with Crippen molar-refractivity contribution in [3.05, 3.63) is 24.4 Å². The molecule has 0 saturated carbocycles. The molecule has 1 spiro atoms. The Labute approximate surface area is 131 Å². The van der Waals surface area contributed by atoms with Crippen molar-refractivity contribution in [3.63, 3.8) is 0 Å². The average molecular weight is 326 g/mol. The first-order valence-electron chi connectivity index (χ1n) is 7.71. The molecule has 2 aliphatic rings. The van der Waals surface area contributed by atoms with Gasteiger partial charge in [0.15, 0.2) is 0 Å². The maximum atomic E-state index is 11.9. The lowest BCUT2D eigenvalue weighted by molar-refractivity contribution is -0.104. The molecule has 3 heterocycles. The maximum Gasteiger partial charge on any atom is 0.214 e. The summed E-state index contributed by atoms with van der Waals surface area (Å²) in [5.41, 5.74) is -0.296. The van der Waals surface area contributed by atoms with Crippen molar-refractivity contribution < 1.29 is 17.9 Å². The maximum absolute atomic E-state index is 11.9. The van der Waals surface area contributed by atoms with E-state index in [4.69, 9.17) is 9.47 Å². The van der Waals surface area contributed by atoms with Crippen LogP contribution in [0.5, 0.6) is 5.88 Å². The Hall–Kier alpha value is -1.18. The van der Waals surface area contributed by atoms with Crippen LogP contribution in [0.4, 0.5) is 0 Å². The molecule has 1 unspecified atom stereocenters. The molecule has 7 heteroatoms. The van der Waals surface area contributed by atoms with Crippen LogP contribution in [0.25, 0.3) is 0 Å². The number of hydrogen-bond acceptors (Lipinski definition) is 5. The Morgan fingerprint density at radius 3 is 2.95 bits per heavy atom. The van der Waals surface area contributed by atoms with Gasteiger partial charge in [-0.3, -0.25) is 0 Å². The van der Waals surface area contributed by atoms with Gasteiger partial charge in [0.2, 0.25) is 15.9 Å². The van der Waals surface area contributed by atoms with Gasteiger partial charge in [-0.05, 0) is 31.7 Å². The molecule has 0 amide bonds. The van der Waals surface area contributed by atoms with Crippen molar-refractivity contribution in [1.82, 2.24) is 9.29 Å². The Balaban J connectivity index is 1.52. The molecule has 22 heavy (non-hydrogen) atoms. The van der Waals surface area contributed by atoms with Crippen molar-refractivity contribution in [1.29, 1.82) is 0 Å². The largest absolute Gasteiger partial charge is 0.478 e. The fourth-order valence-electron chi connectivity index (χ4n) is 3.21. The monoisotopic (exact) mass is 326 g/mol.